The third kappa shape index (κ3) is 8.27. The van der Waals surface area contributed by atoms with Crippen LogP contribution in [0.4, 0.5) is 0 Å². The summed E-state index contributed by atoms with van der Waals surface area (Å²) >= 11 is 12.4. The van der Waals surface area contributed by atoms with Crippen molar-refractivity contribution in [1.82, 2.24) is 5.32 Å². The fourth-order valence-electron chi connectivity index (χ4n) is 4.03. The van der Waals surface area contributed by atoms with Gasteiger partial charge in [-0.1, -0.05) is 29.3 Å². The maximum absolute atomic E-state index is 12.6. The Morgan fingerprint density at radius 1 is 1.05 bits per heavy atom. The third-order valence-corrected chi connectivity index (χ3v) is 6.52. The van der Waals surface area contributed by atoms with E-state index in [1.807, 2.05) is 6.07 Å². The van der Waals surface area contributed by atoms with E-state index >= 15 is 0 Å². The molecule has 1 atom stereocenters. The van der Waals surface area contributed by atoms with Gasteiger partial charge in [0.25, 0.3) is 5.91 Å². The number of carboxylic acid groups (broad SMARTS) is 1. The van der Waals surface area contributed by atoms with Crippen molar-refractivity contribution < 1.29 is 63.2 Å². The summed E-state index contributed by atoms with van der Waals surface area (Å²) in [6.07, 6.45) is 0.878. The summed E-state index contributed by atoms with van der Waals surface area (Å²) in [4.78, 5) is 24.1. The van der Waals surface area contributed by atoms with E-state index in [0.29, 0.717) is 71.7 Å². The maximum atomic E-state index is 12.6. The first-order chi connectivity index (χ1) is 18.4. The molecule has 11 heteroatoms. The first-order valence-electron chi connectivity index (χ1n) is 12.0. The van der Waals surface area contributed by atoms with Gasteiger partial charge in [-0.3, -0.25) is 4.79 Å². The van der Waals surface area contributed by atoms with Crippen molar-refractivity contribution in [3.8, 4) is 23.0 Å². The van der Waals surface area contributed by atoms with E-state index in [0.717, 1.165) is 5.56 Å². The molecule has 0 aromatic heterocycles. The predicted octanol–water partition coefficient (Wildman–Crippen LogP) is 1.40. The number of amides is 1. The molecule has 1 amide bonds. The van der Waals surface area contributed by atoms with Crippen LogP contribution < -0.4 is 54.2 Å². The summed E-state index contributed by atoms with van der Waals surface area (Å²) in [6, 6.07) is 15.1. The Bertz CT molecular complexity index is 1300. The Hall–Kier alpha value is -2.46. The van der Waals surface area contributed by atoms with Gasteiger partial charge in [0.15, 0.2) is 0 Å². The van der Waals surface area contributed by atoms with E-state index in [-0.39, 0.29) is 47.1 Å². The Balaban J connectivity index is 0.00000420. The quantitative estimate of drug-likeness (QED) is 0.269. The topological polar surface area (TPSA) is 106 Å². The van der Waals surface area contributed by atoms with Crippen LogP contribution in [0, 0.1) is 0 Å². The Kier molecular flexibility index (Phi) is 11.8. The van der Waals surface area contributed by atoms with Crippen LogP contribution in [0.2, 0.25) is 10.0 Å². The first-order valence-corrected chi connectivity index (χ1v) is 12.7. The van der Waals surface area contributed by atoms with Crippen LogP contribution in [0.3, 0.4) is 0 Å². The number of methoxy groups -OCH3 is 1. The van der Waals surface area contributed by atoms with Gasteiger partial charge in [-0.2, -0.15) is 0 Å². The maximum Gasteiger partial charge on any atom is 1.00 e. The van der Waals surface area contributed by atoms with Crippen molar-refractivity contribution in [2.75, 3.05) is 33.5 Å². The molecule has 3 aromatic carbocycles. The number of halogens is 2. The van der Waals surface area contributed by atoms with E-state index < -0.39 is 11.9 Å². The number of fused-ring (bicyclic) bond motifs is 1. The molecule has 39 heavy (non-hydrogen) atoms. The van der Waals surface area contributed by atoms with Crippen molar-refractivity contribution in [1.29, 1.82) is 0 Å². The molecule has 4 rings (SSSR count). The molecule has 0 fully saturated rings. The van der Waals surface area contributed by atoms with Crippen LogP contribution in [-0.2, 0) is 16.0 Å². The summed E-state index contributed by atoms with van der Waals surface area (Å²) < 4.78 is 22.2. The monoisotopic (exact) mass is 581 g/mol. The van der Waals surface area contributed by atoms with Crippen LogP contribution in [-0.4, -0.2) is 45.4 Å². The minimum absolute atomic E-state index is 0. The number of hydrogen-bond acceptors (Lipinski definition) is 7. The van der Waals surface area contributed by atoms with Gasteiger partial charge in [-0.05, 0) is 60.9 Å². The van der Waals surface area contributed by atoms with Crippen LogP contribution in [0.1, 0.15) is 33.8 Å². The zero-order valence-electron chi connectivity index (χ0n) is 21.6. The largest absolute Gasteiger partial charge is 1.00 e. The van der Waals surface area contributed by atoms with Gasteiger partial charge in [0, 0.05) is 47.8 Å². The molecule has 1 aliphatic heterocycles. The number of hydrogen-bond donors (Lipinski definition) is 1. The second-order valence-corrected chi connectivity index (χ2v) is 9.40. The summed E-state index contributed by atoms with van der Waals surface area (Å²) in [5, 5.41) is 15.1. The van der Waals surface area contributed by atoms with Gasteiger partial charge >= 0.3 is 29.6 Å². The van der Waals surface area contributed by atoms with E-state index in [2.05, 4.69) is 5.32 Å². The molecule has 3 aromatic rings. The van der Waals surface area contributed by atoms with E-state index in [9.17, 15) is 14.7 Å². The van der Waals surface area contributed by atoms with Crippen LogP contribution >= 0.6 is 23.2 Å². The fourth-order valence-corrected chi connectivity index (χ4v) is 4.40. The summed E-state index contributed by atoms with van der Waals surface area (Å²) in [5.41, 5.74) is 1.85. The molecule has 1 heterocycles. The Morgan fingerprint density at radius 3 is 2.54 bits per heavy atom. The second-order valence-electron chi connectivity index (χ2n) is 8.55. The van der Waals surface area contributed by atoms with Gasteiger partial charge in [0.1, 0.15) is 29.6 Å². The normalized spacial score (nSPS) is 13.9. The van der Waals surface area contributed by atoms with Crippen LogP contribution in [0.5, 0.6) is 23.0 Å². The predicted molar refractivity (Wildman–Crippen MR) is 141 cm³/mol. The van der Waals surface area contributed by atoms with Crippen molar-refractivity contribution in [2.24, 2.45) is 0 Å². The van der Waals surface area contributed by atoms with Crippen molar-refractivity contribution in [3.63, 3.8) is 0 Å². The number of carbonyl (C=O) groups excluding carboxylic acids is 2. The number of aliphatic carboxylic acids is 1. The zero-order chi connectivity index (χ0) is 27.1. The molecular weight excluding hydrogens is 556 g/mol. The molecule has 0 spiro atoms. The second kappa shape index (κ2) is 14.8. The van der Waals surface area contributed by atoms with Crippen molar-refractivity contribution in [3.05, 3.63) is 81.3 Å². The van der Waals surface area contributed by atoms with Gasteiger partial charge in [0.2, 0.25) is 0 Å². The Labute approximate surface area is 258 Å². The summed E-state index contributed by atoms with van der Waals surface area (Å²) in [7, 11) is 1.60. The van der Waals surface area contributed by atoms with Crippen molar-refractivity contribution in [2.45, 2.75) is 18.8 Å². The van der Waals surface area contributed by atoms with E-state index in [1.165, 1.54) is 6.07 Å². The standard InChI is InChI=1S/C28H27Cl2NO7.Na/c1-35-12-13-37-24-14-19(29)5-2-17(24)8-10-31-27(32)18-3-6-20(7-4-18)38-26-16-25-22(15-23(26)30)21(28(33)34)9-11-36-25;/h2-7,14-16,21H,8-13H2,1H3,(H,31,32)(H,33,34);/q;+1/p-1. The van der Waals surface area contributed by atoms with Gasteiger partial charge < -0.3 is 34.2 Å². The van der Waals surface area contributed by atoms with Crippen LogP contribution in [0.15, 0.2) is 54.6 Å². The van der Waals surface area contributed by atoms with Crippen LogP contribution in [0.25, 0.3) is 0 Å². The smallest absolute Gasteiger partial charge is 0.549 e. The third-order valence-electron chi connectivity index (χ3n) is 5.99. The zero-order valence-corrected chi connectivity index (χ0v) is 25.1. The average molecular weight is 582 g/mol. The van der Waals surface area contributed by atoms with E-state index in [1.54, 1.807) is 49.6 Å². The number of carboxylic acids is 1. The van der Waals surface area contributed by atoms with E-state index in [4.69, 9.17) is 42.1 Å². The average Bonchev–Trinajstić information content (AvgIpc) is 2.90. The molecule has 200 valence electrons. The minimum Gasteiger partial charge on any atom is -0.549 e. The molecule has 1 unspecified atom stereocenters. The number of rotatable bonds is 11. The minimum atomic E-state index is -1.17. The number of carbonyl (C=O) groups is 2. The number of ether oxygens (including phenoxy) is 4. The molecule has 0 saturated heterocycles. The van der Waals surface area contributed by atoms with Gasteiger partial charge in [0.05, 0.1) is 18.2 Å². The molecule has 8 nitrogen and oxygen atoms in total. The summed E-state index contributed by atoms with van der Waals surface area (Å²) in [5.74, 6) is -0.362. The first kappa shape index (κ1) is 31.1. The summed E-state index contributed by atoms with van der Waals surface area (Å²) in [6.45, 7) is 1.51. The molecule has 0 radical (unpaired) electrons. The molecule has 0 aliphatic carbocycles. The molecular formula is C28H26Cl2NNaO7. The van der Waals surface area contributed by atoms with Gasteiger partial charge in [-0.15, -0.1) is 0 Å². The van der Waals surface area contributed by atoms with Crippen molar-refractivity contribution >= 4 is 35.1 Å². The Morgan fingerprint density at radius 2 is 1.82 bits per heavy atom. The molecule has 0 saturated carbocycles. The number of benzene rings is 3. The molecule has 1 N–H and O–H groups in total. The van der Waals surface area contributed by atoms with Gasteiger partial charge in [-0.25, -0.2) is 0 Å². The SMILES string of the molecule is COCCOc1cc(Cl)ccc1CCNC(=O)c1ccc(Oc2cc3c(cc2Cl)C(C(=O)[O-])CCO3)cc1.[Na+]. The molecule has 0 bridgehead atoms. The number of nitrogens with one attached hydrogen (secondary N) is 1. The molecule has 1 aliphatic rings. The fraction of sp³-hybridized carbons (Fsp3) is 0.286.